The van der Waals surface area contributed by atoms with E-state index in [4.69, 9.17) is 4.74 Å². The summed E-state index contributed by atoms with van der Waals surface area (Å²) >= 11 is 0. The summed E-state index contributed by atoms with van der Waals surface area (Å²) in [6.45, 7) is 8.77. The largest absolute Gasteiger partial charge is 0.489 e. The maximum atomic E-state index is 15.4. The van der Waals surface area contributed by atoms with Crippen molar-refractivity contribution in [3.63, 3.8) is 0 Å². The second-order valence-electron chi connectivity index (χ2n) is 15.1. The molecular weight excluding hydrogens is 773 g/mol. The van der Waals surface area contributed by atoms with E-state index in [0.717, 1.165) is 17.4 Å². The first-order valence-corrected chi connectivity index (χ1v) is 19.3. The van der Waals surface area contributed by atoms with Crippen molar-refractivity contribution in [3.05, 3.63) is 100.0 Å². The predicted octanol–water partition coefficient (Wildman–Crippen LogP) is 6.27. The van der Waals surface area contributed by atoms with E-state index in [-0.39, 0.29) is 59.7 Å². The Balaban J connectivity index is 1.06. The monoisotopic (exact) mass is 816 g/mol. The van der Waals surface area contributed by atoms with Crippen molar-refractivity contribution in [2.24, 2.45) is 0 Å². The summed E-state index contributed by atoms with van der Waals surface area (Å²) in [7, 11) is 1.44. The molecular formula is C42H44F4N8O5. The van der Waals surface area contributed by atoms with Crippen LogP contribution in [-0.2, 0) is 28.9 Å². The second-order valence-corrected chi connectivity index (χ2v) is 15.1. The third-order valence-electron chi connectivity index (χ3n) is 10.6. The number of nitrogens with zero attached hydrogens (tertiary/aromatic N) is 4. The van der Waals surface area contributed by atoms with Gasteiger partial charge in [0, 0.05) is 76.8 Å². The van der Waals surface area contributed by atoms with Crippen LogP contribution in [0.15, 0.2) is 60.8 Å². The van der Waals surface area contributed by atoms with Gasteiger partial charge >= 0.3 is 6.18 Å². The molecule has 4 heterocycles. The zero-order valence-corrected chi connectivity index (χ0v) is 32.9. The number of halogens is 4. The molecule has 3 aliphatic rings. The summed E-state index contributed by atoms with van der Waals surface area (Å²) in [5.74, 6) is -2.01. The minimum atomic E-state index is -4.73. The van der Waals surface area contributed by atoms with Crippen LogP contribution >= 0.6 is 0 Å². The number of anilines is 5. The van der Waals surface area contributed by atoms with Crippen molar-refractivity contribution in [3.8, 4) is 5.75 Å². The number of amides is 4. The standard InChI is InChI=1S/C42H44F4N8O5/c1-23(2)59-35-19-34(24(3)15-32(35)50-36-18-31(28(20-48-36)42(44,45)46)49-30-8-6-5-7-27(30)39(56)47-4)53-13-11-52(12-14-53)21-25-16-26-22-54(41(58)38(26)29(43)17-25)33-9-10-37(55)51-40(33)57/h5-8,15-20,23,33H,9-14,21-22H2,1-4H3,(H,47,56)(H2,48,49,50)(H,51,55,57). The normalized spacial score (nSPS) is 17.2. The highest BCUT2D eigenvalue weighted by Gasteiger charge is 2.41. The lowest BCUT2D eigenvalue weighted by atomic mass is 10.0. The predicted molar refractivity (Wildman–Crippen MR) is 213 cm³/mol. The van der Waals surface area contributed by atoms with Crippen LogP contribution in [0.5, 0.6) is 5.75 Å². The molecule has 0 radical (unpaired) electrons. The number of para-hydroxylation sites is 1. The van der Waals surface area contributed by atoms with Gasteiger partial charge in [-0.2, -0.15) is 13.2 Å². The number of aryl methyl sites for hydroxylation is 1. The zero-order valence-electron chi connectivity index (χ0n) is 32.9. The topological polar surface area (TPSA) is 148 Å². The average molecular weight is 817 g/mol. The molecule has 0 bridgehead atoms. The number of nitrogens with one attached hydrogen (secondary N) is 4. The summed E-state index contributed by atoms with van der Waals surface area (Å²) in [6, 6.07) is 13.6. The first kappa shape index (κ1) is 40.9. The number of benzene rings is 3. The molecule has 4 N–H and O–H groups in total. The van der Waals surface area contributed by atoms with Gasteiger partial charge in [-0.1, -0.05) is 18.2 Å². The summed E-state index contributed by atoms with van der Waals surface area (Å²) in [4.78, 5) is 59.5. The third-order valence-corrected chi connectivity index (χ3v) is 10.6. The Morgan fingerprint density at radius 3 is 2.42 bits per heavy atom. The van der Waals surface area contributed by atoms with E-state index < -0.39 is 41.3 Å². The van der Waals surface area contributed by atoms with Crippen LogP contribution in [0.2, 0.25) is 0 Å². The van der Waals surface area contributed by atoms with E-state index in [1.165, 1.54) is 36.2 Å². The molecule has 0 spiro atoms. The number of pyridine rings is 1. The molecule has 1 unspecified atom stereocenters. The number of aromatic nitrogens is 1. The molecule has 0 saturated carbocycles. The van der Waals surface area contributed by atoms with Crippen molar-refractivity contribution in [2.45, 2.75) is 65.0 Å². The van der Waals surface area contributed by atoms with E-state index in [0.29, 0.717) is 55.3 Å². The minimum absolute atomic E-state index is 0.0362. The van der Waals surface area contributed by atoms with Crippen LogP contribution in [0.25, 0.3) is 0 Å². The number of carbonyl (C=O) groups excluding carboxylic acids is 4. The molecule has 59 heavy (non-hydrogen) atoms. The SMILES string of the molecule is CNC(=O)c1ccccc1Nc1cc(Nc2cc(C)c(N3CCN(Cc4cc(F)c5c(c4)CN(C4CCC(=O)NC4=O)C5=O)CC3)cc2OC(C)C)ncc1C(F)(F)F. The molecule has 3 aliphatic heterocycles. The number of carbonyl (C=O) groups is 4. The average Bonchev–Trinajstić information content (AvgIpc) is 3.51. The fourth-order valence-corrected chi connectivity index (χ4v) is 7.74. The van der Waals surface area contributed by atoms with Crippen molar-refractivity contribution in [2.75, 3.05) is 48.8 Å². The van der Waals surface area contributed by atoms with E-state index in [9.17, 15) is 32.3 Å². The first-order chi connectivity index (χ1) is 28.1. The molecule has 7 rings (SSSR count). The van der Waals surface area contributed by atoms with E-state index in [1.54, 1.807) is 12.1 Å². The number of hydrogen-bond donors (Lipinski definition) is 4. The summed E-state index contributed by atoms with van der Waals surface area (Å²) < 4.78 is 64.1. The smallest absolute Gasteiger partial charge is 0.419 e. The molecule has 4 amide bonds. The van der Waals surface area contributed by atoms with Gasteiger partial charge in [0.25, 0.3) is 11.8 Å². The molecule has 13 nitrogen and oxygen atoms in total. The Bertz CT molecular complexity index is 2310. The van der Waals surface area contributed by atoms with Crippen LogP contribution in [0.1, 0.15) is 69.7 Å². The lowest BCUT2D eigenvalue weighted by Crippen LogP contribution is -2.52. The quantitative estimate of drug-likeness (QED) is 0.101. The summed E-state index contributed by atoms with van der Waals surface area (Å²) in [6.07, 6.45) is -3.92. The maximum Gasteiger partial charge on any atom is 0.419 e. The molecule has 2 saturated heterocycles. The Labute approximate surface area is 338 Å². The van der Waals surface area contributed by atoms with Gasteiger partial charge in [-0.3, -0.25) is 29.4 Å². The summed E-state index contributed by atoms with van der Waals surface area (Å²) in [5, 5.41) is 10.7. The highest BCUT2D eigenvalue weighted by atomic mass is 19.4. The van der Waals surface area contributed by atoms with E-state index in [1.807, 2.05) is 39.0 Å². The van der Waals surface area contributed by atoms with Gasteiger partial charge in [0.1, 0.15) is 23.4 Å². The van der Waals surface area contributed by atoms with Crippen LogP contribution in [0.4, 0.5) is 46.1 Å². The number of fused-ring (bicyclic) bond motifs is 1. The number of hydrogen-bond acceptors (Lipinski definition) is 10. The highest BCUT2D eigenvalue weighted by Crippen LogP contribution is 2.40. The number of piperidine rings is 1. The van der Waals surface area contributed by atoms with Crippen LogP contribution in [-0.4, -0.2) is 83.8 Å². The van der Waals surface area contributed by atoms with Crippen molar-refractivity contribution >= 4 is 52.2 Å². The fraction of sp³-hybridized carbons (Fsp3) is 0.357. The fourth-order valence-electron chi connectivity index (χ4n) is 7.74. The molecule has 17 heteroatoms. The molecule has 2 fully saturated rings. The van der Waals surface area contributed by atoms with Crippen molar-refractivity contribution in [1.82, 2.24) is 25.4 Å². The minimum Gasteiger partial charge on any atom is -0.489 e. The summed E-state index contributed by atoms with van der Waals surface area (Å²) in [5.41, 5.74) is 2.53. The lowest BCUT2D eigenvalue weighted by Gasteiger charge is -2.37. The Kier molecular flexibility index (Phi) is 11.5. The van der Waals surface area contributed by atoms with Gasteiger partial charge in [-0.25, -0.2) is 9.37 Å². The number of piperazine rings is 1. The van der Waals surface area contributed by atoms with Crippen LogP contribution in [0, 0.1) is 12.7 Å². The molecule has 310 valence electrons. The number of ether oxygens (including phenoxy) is 1. The number of imide groups is 1. The van der Waals surface area contributed by atoms with E-state index in [2.05, 4.69) is 36.1 Å². The zero-order chi connectivity index (χ0) is 42.2. The van der Waals surface area contributed by atoms with Gasteiger partial charge in [0.15, 0.2) is 0 Å². The molecule has 0 aliphatic carbocycles. The van der Waals surface area contributed by atoms with Gasteiger partial charge in [0.05, 0.1) is 39.9 Å². The first-order valence-electron chi connectivity index (χ1n) is 19.3. The molecule has 3 aromatic carbocycles. The maximum absolute atomic E-state index is 15.4. The van der Waals surface area contributed by atoms with Crippen LogP contribution < -0.4 is 30.9 Å². The molecule has 1 atom stereocenters. The molecule has 4 aromatic rings. The Hall–Kier alpha value is -6.23. The highest BCUT2D eigenvalue weighted by molar-refractivity contribution is 6.05. The molecule has 1 aromatic heterocycles. The Morgan fingerprint density at radius 1 is 0.983 bits per heavy atom. The second kappa shape index (κ2) is 16.6. The van der Waals surface area contributed by atoms with Gasteiger partial charge in [-0.05, 0) is 68.1 Å². The van der Waals surface area contributed by atoms with E-state index >= 15 is 4.39 Å². The Morgan fingerprint density at radius 2 is 1.73 bits per heavy atom. The third kappa shape index (κ3) is 8.79. The van der Waals surface area contributed by atoms with Gasteiger partial charge < -0.3 is 30.5 Å². The number of alkyl halides is 3. The van der Waals surface area contributed by atoms with Crippen LogP contribution in [0.3, 0.4) is 0 Å². The lowest BCUT2D eigenvalue weighted by molar-refractivity contribution is -0.138. The van der Waals surface area contributed by atoms with Gasteiger partial charge in [-0.15, -0.1) is 0 Å². The van der Waals surface area contributed by atoms with Crippen molar-refractivity contribution in [1.29, 1.82) is 0 Å². The van der Waals surface area contributed by atoms with Gasteiger partial charge in [0.2, 0.25) is 11.8 Å². The van der Waals surface area contributed by atoms with Crippen molar-refractivity contribution < 1.29 is 41.5 Å². The number of rotatable bonds is 11.